The van der Waals surface area contributed by atoms with Crippen molar-refractivity contribution in [2.24, 2.45) is 0 Å². The van der Waals surface area contributed by atoms with Crippen LogP contribution >= 0.6 is 11.6 Å². The summed E-state index contributed by atoms with van der Waals surface area (Å²) < 4.78 is 40.1. The first-order chi connectivity index (χ1) is 13.8. The van der Waals surface area contributed by atoms with Crippen LogP contribution < -0.4 is 10.0 Å². The van der Waals surface area contributed by atoms with Crippen LogP contribution in [0, 0.1) is 5.82 Å². The van der Waals surface area contributed by atoms with Gasteiger partial charge in [-0.05, 0) is 30.3 Å². The molecule has 0 saturated heterocycles. The molecule has 0 radical (unpaired) electrons. The Hall–Kier alpha value is -2.95. The second-order valence-electron chi connectivity index (χ2n) is 5.87. The summed E-state index contributed by atoms with van der Waals surface area (Å²) in [5.74, 6) is -1.05. The van der Waals surface area contributed by atoms with E-state index in [1.54, 1.807) is 12.4 Å². The molecule has 0 fully saturated rings. The number of nitrogens with one attached hydrogen (secondary N) is 2. The summed E-state index contributed by atoms with van der Waals surface area (Å²) in [4.78, 5) is 23.8. The molecule has 2 heterocycles. The predicted octanol–water partition coefficient (Wildman–Crippen LogP) is 2.07. The van der Waals surface area contributed by atoms with Crippen LogP contribution in [-0.4, -0.2) is 29.3 Å². The molecule has 0 aliphatic heterocycles. The summed E-state index contributed by atoms with van der Waals surface area (Å²) in [5, 5.41) is 2.42. The van der Waals surface area contributed by atoms with E-state index in [0.29, 0.717) is 11.3 Å². The Bertz CT molecular complexity index is 1110. The van der Waals surface area contributed by atoms with Gasteiger partial charge in [-0.3, -0.25) is 9.78 Å². The first kappa shape index (κ1) is 20.8. The van der Waals surface area contributed by atoms with Crippen molar-refractivity contribution < 1.29 is 17.6 Å². The molecule has 0 spiro atoms. The van der Waals surface area contributed by atoms with Gasteiger partial charge in [0.05, 0.1) is 27.7 Å². The SMILES string of the molecule is O=C(NCc1cncnc1)c1ccc(CNS(=O)(=O)c2ccc(F)c(Cl)c2)nc1. The first-order valence-electron chi connectivity index (χ1n) is 8.27. The molecule has 29 heavy (non-hydrogen) atoms. The number of sulfonamides is 1. The van der Waals surface area contributed by atoms with E-state index in [2.05, 4.69) is 25.0 Å². The fraction of sp³-hybridized carbons (Fsp3) is 0.111. The van der Waals surface area contributed by atoms with Crippen molar-refractivity contribution in [1.29, 1.82) is 0 Å². The molecule has 3 rings (SSSR count). The van der Waals surface area contributed by atoms with E-state index >= 15 is 0 Å². The minimum absolute atomic E-state index is 0.111. The number of hydrogen-bond donors (Lipinski definition) is 2. The van der Waals surface area contributed by atoms with Gasteiger partial charge < -0.3 is 5.32 Å². The molecule has 1 amide bonds. The molecule has 0 unspecified atom stereocenters. The number of amides is 1. The summed E-state index contributed by atoms with van der Waals surface area (Å²) in [6.07, 6.45) is 5.92. The highest BCUT2D eigenvalue weighted by atomic mass is 35.5. The fourth-order valence-electron chi connectivity index (χ4n) is 2.27. The Morgan fingerprint density at radius 3 is 2.48 bits per heavy atom. The van der Waals surface area contributed by atoms with Gasteiger partial charge in [0.25, 0.3) is 5.91 Å². The first-order valence-corrected chi connectivity index (χ1v) is 10.1. The number of nitrogens with zero attached hydrogens (tertiary/aromatic N) is 3. The van der Waals surface area contributed by atoms with Gasteiger partial charge in [-0.15, -0.1) is 0 Å². The lowest BCUT2D eigenvalue weighted by molar-refractivity contribution is 0.0950. The molecule has 3 aromatic rings. The van der Waals surface area contributed by atoms with Crippen molar-refractivity contribution in [3.63, 3.8) is 0 Å². The van der Waals surface area contributed by atoms with Crippen LogP contribution in [0.2, 0.25) is 5.02 Å². The van der Waals surface area contributed by atoms with Crippen LogP contribution in [0.15, 0.2) is 60.1 Å². The van der Waals surface area contributed by atoms with E-state index in [1.165, 1.54) is 24.7 Å². The zero-order valence-corrected chi connectivity index (χ0v) is 16.4. The molecule has 0 aliphatic rings. The molecule has 1 aromatic carbocycles. The summed E-state index contributed by atoms with van der Waals surface area (Å²) in [7, 11) is -3.90. The van der Waals surface area contributed by atoms with Gasteiger partial charge in [-0.2, -0.15) is 0 Å². The molecule has 0 bridgehead atoms. The third kappa shape index (κ3) is 5.53. The Morgan fingerprint density at radius 1 is 1.07 bits per heavy atom. The number of carbonyl (C=O) groups excluding carboxylic acids is 1. The van der Waals surface area contributed by atoms with Crippen LogP contribution in [0.1, 0.15) is 21.6 Å². The molecule has 2 aromatic heterocycles. The Kier molecular flexibility index (Phi) is 6.47. The molecule has 0 aliphatic carbocycles. The van der Waals surface area contributed by atoms with Crippen LogP contribution in [0.25, 0.3) is 0 Å². The Morgan fingerprint density at radius 2 is 1.83 bits per heavy atom. The van der Waals surface area contributed by atoms with Crippen molar-refractivity contribution in [3.05, 3.63) is 82.9 Å². The summed E-state index contributed by atoms with van der Waals surface area (Å²) >= 11 is 5.62. The Balaban J connectivity index is 1.58. The molecule has 8 nitrogen and oxygen atoms in total. The van der Waals surface area contributed by atoms with Gasteiger partial charge in [0.2, 0.25) is 10.0 Å². The maximum Gasteiger partial charge on any atom is 0.253 e. The smallest absolute Gasteiger partial charge is 0.253 e. The normalized spacial score (nSPS) is 11.2. The average molecular weight is 436 g/mol. The van der Waals surface area contributed by atoms with Crippen molar-refractivity contribution in [1.82, 2.24) is 25.0 Å². The van der Waals surface area contributed by atoms with Crippen molar-refractivity contribution in [3.8, 4) is 0 Å². The number of pyridine rings is 1. The molecule has 150 valence electrons. The number of rotatable bonds is 7. The molecule has 11 heteroatoms. The van der Waals surface area contributed by atoms with Gasteiger partial charge in [-0.1, -0.05) is 11.6 Å². The van der Waals surface area contributed by atoms with E-state index in [1.807, 2.05) is 0 Å². The standard InChI is InChI=1S/C18H15ClFN5O3S/c19-16-5-15(3-4-17(16)20)29(27,28)25-10-14-2-1-13(9-23-14)18(26)24-8-12-6-21-11-22-7-12/h1-7,9,11,25H,8,10H2,(H,24,26). The number of halogens is 2. The lowest BCUT2D eigenvalue weighted by Crippen LogP contribution is -2.25. The third-order valence-electron chi connectivity index (χ3n) is 3.80. The number of hydrogen-bond acceptors (Lipinski definition) is 6. The van der Waals surface area contributed by atoms with E-state index in [0.717, 1.165) is 23.8 Å². The van der Waals surface area contributed by atoms with Gasteiger partial charge in [0, 0.05) is 30.7 Å². The predicted molar refractivity (Wildman–Crippen MR) is 103 cm³/mol. The summed E-state index contributed by atoms with van der Waals surface area (Å²) in [6, 6.07) is 6.17. The highest BCUT2D eigenvalue weighted by molar-refractivity contribution is 7.89. The van der Waals surface area contributed by atoms with Crippen LogP contribution in [0.3, 0.4) is 0 Å². The zero-order valence-electron chi connectivity index (χ0n) is 14.8. The fourth-order valence-corrected chi connectivity index (χ4v) is 3.54. The molecule has 0 saturated carbocycles. The number of benzene rings is 1. The van der Waals surface area contributed by atoms with E-state index in [-0.39, 0.29) is 28.9 Å². The maximum atomic E-state index is 13.2. The lowest BCUT2D eigenvalue weighted by atomic mass is 10.2. The second kappa shape index (κ2) is 9.03. The van der Waals surface area contributed by atoms with Crippen LogP contribution in [0.5, 0.6) is 0 Å². The molecule has 0 atom stereocenters. The quantitative estimate of drug-likeness (QED) is 0.587. The maximum absolute atomic E-state index is 13.2. The van der Waals surface area contributed by atoms with E-state index in [9.17, 15) is 17.6 Å². The summed E-state index contributed by atoms with van der Waals surface area (Å²) in [5.41, 5.74) is 1.47. The third-order valence-corrected chi connectivity index (χ3v) is 5.49. The van der Waals surface area contributed by atoms with Gasteiger partial charge in [0.1, 0.15) is 12.1 Å². The number of aromatic nitrogens is 3. The van der Waals surface area contributed by atoms with Gasteiger partial charge in [0.15, 0.2) is 0 Å². The van der Waals surface area contributed by atoms with Gasteiger partial charge in [-0.25, -0.2) is 27.5 Å². The highest BCUT2D eigenvalue weighted by Gasteiger charge is 2.16. The van der Waals surface area contributed by atoms with Crippen molar-refractivity contribution in [2.75, 3.05) is 0 Å². The largest absolute Gasteiger partial charge is 0.348 e. The highest BCUT2D eigenvalue weighted by Crippen LogP contribution is 2.19. The lowest BCUT2D eigenvalue weighted by Gasteiger charge is -2.08. The minimum atomic E-state index is -3.90. The van der Waals surface area contributed by atoms with Crippen molar-refractivity contribution in [2.45, 2.75) is 18.0 Å². The monoisotopic (exact) mass is 435 g/mol. The van der Waals surface area contributed by atoms with E-state index < -0.39 is 15.8 Å². The molecular weight excluding hydrogens is 421 g/mol. The number of carbonyl (C=O) groups is 1. The van der Waals surface area contributed by atoms with Crippen LogP contribution in [0.4, 0.5) is 4.39 Å². The average Bonchev–Trinajstić information content (AvgIpc) is 2.73. The van der Waals surface area contributed by atoms with Gasteiger partial charge >= 0.3 is 0 Å². The minimum Gasteiger partial charge on any atom is -0.348 e. The Labute approximate surface area is 171 Å². The van der Waals surface area contributed by atoms with E-state index in [4.69, 9.17) is 11.6 Å². The molecular formula is C18H15ClFN5O3S. The van der Waals surface area contributed by atoms with Crippen LogP contribution in [-0.2, 0) is 23.1 Å². The summed E-state index contributed by atoms with van der Waals surface area (Å²) in [6.45, 7) is 0.155. The second-order valence-corrected chi connectivity index (χ2v) is 8.04. The van der Waals surface area contributed by atoms with Crippen molar-refractivity contribution >= 4 is 27.5 Å². The topological polar surface area (TPSA) is 114 Å². The molecule has 2 N–H and O–H groups in total. The zero-order chi connectivity index (χ0) is 20.9.